The first-order chi connectivity index (χ1) is 14.0. The van der Waals surface area contributed by atoms with E-state index in [1.54, 1.807) is 6.08 Å². The zero-order valence-electron chi connectivity index (χ0n) is 16.4. The van der Waals surface area contributed by atoms with Crippen LogP contribution in [0.3, 0.4) is 0 Å². The Bertz CT molecular complexity index is 1180. The summed E-state index contributed by atoms with van der Waals surface area (Å²) in [5, 5.41) is 3.81. The van der Waals surface area contributed by atoms with Crippen LogP contribution in [0.15, 0.2) is 47.3 Å². The van der Waals surface area contributed by atoms with Gasteiger partial charge in [-0.05, 0) is 66.6 Å². The molecule has 0 aliphatic carbocycles. The van der Waals surface area contributed by atoms with Crippen LogP contribution in [-0.2, 0) is 11.2 Å². The lowest BCUT2D eigenvalue weighted by Gasteiger charge is -2.08. The Labute approximate surface area is 168 Å². The minimum absolute atomic E-state index is 0.114. The molecule has 2 heterocycles. The fraction of sp³-hybridized carbons (Fsp3) is 0.217. The minimum Gasteiger partial charge on any atom is -0.454 e. The molecule has 0 radical (unpaired) electrons. The van der Waals surface area contributed by atoms with Gasteiger partial charge in [-0.2, -0.15) is 0 Å². The number of nitrogens with one attached hydrogen (secondary N) is 2. The summed E-state index contributed by atoms with van der Waals surface area (Å²) in [5.41, 5.74) is 4.48. The molecule has 2 aromatic carbocycles. The van der Waals surface area contributed by atoms with Gasteiger partial charge in [0.05, 0.1) is 5.52 Å². The molecule has 6 heteroatoms. The second-order valence-electron chi connectivity index (χ2n) is 7.08. The molecule has 0 saturated heterocycles. The van der Waals surface area contributed by atoms with Gasteiger partial charge in [-0.1, -0.05) is 18.2 Å². The number of ether oxygens (including phenoxy) is 2. The number of fused-ring (bicyclic) bond motifs is 2. The lowest BCUT2D eigenvalue weighted by Crippen LogP contribution is -2.25. The highest BCUT2D eigenvalue weighted by Crippen LogP contribution is 2.32. The van der Waals surface area contributed by atoms with E-state index in [0.29, 0.717) is 30.0 Å². The van der Waals surface area contributed by atoms with E-state index in [2.05, 4.69) is 10.3 Å². The number of pyridine rings is 1. The first kappa shape index (κ1) is 18.8. The van der Waals surface area contributed by atoms with Crippen LogP contribution in [0, 0.1) is 13.8 Å². The molecule has 1 aliphatic heterocycles. The van der Waals surface area contributed by atoms with Gasteiger partial charge in [0.25, 0.3) is 5.56 Å². The summed E-state index contributed by atoms with van der Waals surface area (Å²) in [4.78, 5) is 27.4. The lowest BCUT2D eigenvalue weighted by molar-refractivity contribution is -0.116. The molecule has 1 aromatic heterocycles. The topological polar surface area (TPSA) is 80.4 Å². The number of carbonyl (C=O) groups excluding carboxylic acids is 1. The minimum atomic E-state index is -0.216. The predicted octanol–water partition coefficient (Wildman–Crippen LogP) is 3.25. The SMILES string of the molecule is Cc1ccc2cc(CCNC(=O)C=Cc3ccc4c(c3)OCO4)c(=O)[nH]c2c1C. The van der Waals surface area contributed by atoms with Gasteiger partial charge >= 0.3 is 0 Å². The van der Waals surface area contributed by atoms with E-state index in [1.807, 2.05) is 50.2 Å². The largest absolute Gasteiger partial charge is 0.454 e. The summed E-state index contributed by atoms with van der Waals surface area (Å²) in [5.74, 6) is 1.16. The standard InChI is InChI=1S/C23H22N2O4/c1-14-3-6-17-12-18(23(27)25-22(17)15(14)2)9-10-24-21(26)8-5-16-4-7-19-20(11-16)29-13-28-19/h3-8,11-12H,9-10,13H2,1-2H3,(H,24,26)(H,25,27). The highest BCUT2D eigenvalue weighted by molar-refractivity contribution is 5.91. The Morgan fingerprint density at radius 2 is 1.97 bits per heavy atom. The van der Waals surface area contributed by atoms with Crippen molar-refractivity contribution >= 4 is 22.9 Å². The Kier molecular flexibility index (Phi) is 5.08. The number of benzene rings is 2. The summed E-state index contributed by atoms with van der Waals surface area (Å²) in [6.45, 7) is 4.62. The molecule has 0 atom stereocenters. The molecule has 0 unspecified atom stereocenters. The molecule has 0 fully saturated rings. The van der Waals surface area contributed by atoms with Gasteiger partial charge in [0.1, 0.15) is 0 Å². The molecule has 6 nitrogen and oxygen atoms in total. The predicted molar refractivity (Wildman–Crippen MR) is 112 cm³/mol. The third-order valence-electron chi connectivity index (χ3n) is 5.15. The average molecular weight is 390 g/mol. The van der Waals surface area contributed by atoms with Crippen LogP contribution in [0.25, 0.3) is 17.0 Å². The van der Waals surface area contributed by atoms with Gasteiger partial charge in [0.15, 0.2) is 11.5 Å². The van der Waals surface area contributed by atoms with Crippen molar-refractivity contribution in [1.29, 1.82) is 0 Å². The molecule has 2 N–H and O–H groups in total. The number of aromatic nitrogens is 1. The van der Waals surface area contributed by atoms with Crippen LogP contribution >= 0.6 is 0 Å². The van der Waals surface area contributed by atoms with E-state index in [9.17, 15) is 9.59 Å². The Morgan fingerprint density at radius 1 is 1.14 bits per heavy atom. The van der Waals surface area contributed by atoms with Crippen LogP contribution in [0.5, 0.6) is 11.5 Å². The van der Waals surface area contributed by atoms with Crippen molar-refractivity contribution in [2.24, 2.45) is 0 Å². The molecule has 148 valence electrons. The summed E-state index contributed by atoms with van der Waals surface area (Å²) in [7, 11) is 0. The van der Waals surface area contributed by atoms with Crippen LogP contribution in [0.1, 0.15) is 22.3 Å². The van der Waals surface area contributed by atoms with Crippen molar-refractivity contribution in [1.82, 2.24) is 10.3 Å². The van der Waals surface area contributed by atoms with Gasteiger partial charge in [0, 0.05) is 18.2 Å². The third-order valence-corrected chi connectivity index (χ3v) is 5.15. The smallest absolute Gasteiger partial charge is 0.251 e. The number of amides is 1. The number of aryl methyl sites for hydroxylation is 2. The normalized spacial score (nSPS) is 12.6. The Morgan fingerprint density at radius 3 is 2.83 bits per heavy atom. The maximum atomic E-state index is 12.4. The Balaban J connectivity index is 1.37. The molecule has 29 heavy (non-hydrogen) atoms. The monoisotopic (exact) mass is 390 g/mol. The summed E-state index contributed by atoms with van der Waals surface area (Å²) < 4.78 is 10.6. The second-order valence-corrected chi connectivity index (χ2v) is 7.08. The number of H-pyrrole nitrogens is 1. The maximum absolute atomic E-state index is 12.4. The molecule has 4 rings (SSSR count). The van der Waals surface area contributed by atoms with Crippen molar-refractivity contribution in [3.8, 4) is 11.5 Å². The van der Waals surface area contributed by atoms with Gasteiger partial charge in [-0.15, -0.1) is 0 Å². The van der Waals surface area contributed by atoms with E-state index in [4.69, 9.17) is 9.47 Å². The first-order valence-corrected chi connectivity index (χ1v) is 9.49. The van der Waals surface area contributed by atoms with Gasteiger partial charge in [0.2, 0.25) is 12.7 Å². The molecule has 0 bridgehead atoms. The van der Waals surface area contributed by atoms with Gasteiger partial charge in [-0.25, -0.2) is 0 Å². The molecule has 0 saturated carbocycles. The van der Waals surface area contributed by atoms with Crippen molar-refractivity contribution in [2.45, 2.75) is 20.3 Å². The quantitative estimate of drug-likeness (QED) is 0.656. The molecular weight excluding hydrogens is 368 g/mol. The van der Waals surface area contributed by atoms with E-state index in [-0.39, 0.29) is 18.3 Å². The van der Waals surface area contributed by atoms with Crippen LogP contribution < -0.4 is 20.3 Å². The zero-order valence-corrected chi connectivity index (χ0v) is 16.4. The van der Waals surface area contributed by atoms with Gasteiger partial charge < -0.3 is 19.8 Å². The Hall–Kier alpha value is -3.54. The van der Waals surface area contributed by atoms with Gasteiger partial charge in [-0.3, -0.25) is 9.59 Å². The number of carbonyl (C=O) groups is 1. The average Bonchev–Trinajstić information content (AvgIpc) is 3.18. The molecule has 0 spiro atoms. The maximum Gasteiger partial charge on any atom is 0.251 e. The van der Waals surface area contributed by atoms with E-state index in [1.165, 1.54) is 6.08 Å². The van der Waals surface area contributed by atoms with Crippen LogP contribution in [-0.4, -0.2) is 24.2 Å². The molecule has 3 aromatic rings. The number of rotatable bonds is 5. The number of hydrogen-bond donors (Lipinski definition) is 2. The van der Waals surface area contributed by atoms with Crippen molar-refractivity contribution < 1.29 is 14.3 Å². The first-order valence-electron chi connectivity index (χ1n) is 9.49. The van der Waals surface area contributed by atoms with E-state index in [0.717, 1.165) is 27.6 Å². The van der Waals surface area contributed by atoms with Crippen molar-refractivity contribution in [2.75, 3.05) is 13.3 Å². The van der Waals surface area contributed by atoms with Crippen molar-refractivity contribution in [3.63, 3.8) is 0 Å². The molecular formula is C23H22N2O4. The number of hydrogen-bond acceptors (Lipinski definition) is 4. The molecule has 1 aliphatic rings. The van der Waals surface area contributed by atoms with E-state index >= 15 is 0 Å². The fourth-order valence-electron chi connectivity index (χ4n) is 3.32. The van der Waals surface area contributed by atoms with Crippen molar-refractivity contribution in [3.05, 3.63) is 75.1 Å². The highest BCUT2D eigenvalue weighted by atomic mass is 16.7. The molecule has 1 amide bonds. The van der Waals surface area contributed by atoms with Crippen LogP contribution in [0.2, 0.25) is 0 Å². The fourth-order valence-corrected chi connectivity index (χ4v) is 3.32. The lowest BCUT2D eigenvalue weighted by atomic mass is 10.0. The number of aromatic amines is 1. The third kappa shape index (κ3) is 4.01. The van der Waals surface area contributed by atoms with Crippen LogP contribution in [0.4, 0.5) is 0 Å². The summed E-state index contributed by atoms with van der Waals surface area (Å²) in [6, 6.07) is 11.4. The highest BCUT2D eigenvalue weighted by Gasteiger charge is 2.12. The zero-order chi connectivity index (χ0) is 20.4. The van der Waals surface area contributed by atoms with E-state index < -0.39 is 0 Å². The summed E-state index contributed by atoms with van der Waals surface area (Å²) in [6.07, 6.45) is 3.64. The summed E-state index contributed by atoms with van der Waals surface area (Å²) >= 11 is 0. The second kappa shape index (κ2) is 7.83.